The maximum atomic E-state index is 12.3. The fraction of sp³-hybridized carbons (Fsp3) is 0.571. The molecule has 0 spiro atoms. The van der Waals surface area contributed by atoms with Crippen LogP contribution in [0.3, 0.4) is 0 Å². The standard InChI is InChI=1S/C14H23N3O2S/c1-5-6-11(13(15)17-19)14(18)16-9(3)12-7-8(2)20-10(12)4/h7,9,11,19H,5-6H2,1-4H3,(H2,15,17)(H,16,18). The van der Waals surface area contributed by atoms with E-state index in [2.05, 4.69) is 16.5 Å². The highest BCUT2D eigenvalue weighted by molar-refractivity contribution is 7.12. The van der Waals surface area contributed by atoms with Gasteiger partial charge >= 0.3 is 0 Å². The van der Waals surface area contributed by atoms with Crippen molar-refractivity contribution in [1.82, 2.24) is 5.32 Å². The first kappa shape index (κ1) is 16.5. The molecule has 6 heteroatoms. The summed E-state index contributed by atoms with van der Waals surface area (Å²) in [7, 11) is 0. The normalized spacial score (nSPS) is 14.9. The molecule has 1 aromatic heterocycles. The number of hydrogen-bond donors (Lipinski definition) is 3. The van der Waals surface area contributed by atoms with Crippen molar-refractivity contribution >= 4 is 23.1 Å². The summed E-state index contributed by atoms with van der Waals surface area (Å²) in [5.74, 6) is -0.805. The number of thiophene rings is 1. The number of nitrogens with zero attached hydrogens (tertiary/aromatic N) is 1. The number of carbonyl (C=O) groups is 1. The number of carbonyl (C=O) groups excluding carboxylic acids is 1. The Balaban J connectivity index is 2.80. The van der Waals surface area contributed by atoms with Gasteiger partial charge < -0.3 is 16.3 Å². The van der Waals surface area contributed by atoms with Crippen LogP contribution in [-0.4, -0.2) is 17.0 Å². The van der Waals surface area contributed by atoms with E-state index in [1.54, 1.807) is 11.3 Å². The molecular formula is C14H23N3O2S. The third-order valence-corrected chi connectivity index (χ3v) is 4.25. The van der Waals surface area contributed by atoms with E-state index in [1.165, 1.54) is 9.75 Å². The number of nitrogens with two attached hydrogens (primary N) is 1. The summed E-state index contributed by atoms with van der Waals surface area (Å²) in [6.07, 6.45) is 1.36. The van der Waals surface area contributed by atoms with Gasteiger partial charge in [0.25, 0.3) is 0 Å². The molecule has 0 saturated heterocycles. The highest BCUT2D eigenvalue weighted by atomic mass is 32.1. The first-order valence-electron chi connectivity index (χ1n) is 6.75. The van der Waals surface area contributed by atoms with Gasteiger partial charge in [-0.15, -0.1) is 11.3 Å². The Hall–Kier alpha value is -1.56. The molecule has 1 heterocycles. The fourth-order valence-corrected chi connectivity index (χ4v) is 3.27. The Labute approximate surface area is 123 Å². The summed E-state index contributed by atoms with van der Waals surface area (Å²) in [5, 5.41) is 14.7. The van der Waals surface area contributed by atoms with E-state index in [4.69, 9.17) is 10.9 Å². The van der Waals surface area contributed by atoms with E-state index >= 15 is 0 Å². The third-order valence-electron chi connectivity index (χ3n) is 3.27. The Bertz CT molecular complexity index is 497. The number of amides is 1. The van der Waals surface area contributed by atoms with Gasteiger partial charge in [0.2, 0.25) is 5.91 Å². The molecule has 5 nitrogen and oxygen atoms in total. The summed E-state index contributed by atoms with van der Waals surface area (Å²) < 4.78 is 0. The second-order valence-corrected chi connectivity index (χ2v) is 6.43. The molecule has 4 N–H and O–H groups in total. The Morgan fingerprint density at radius 2 is 2.20 bits per heavy atom. The predicted octanol–water partition coefficient (Wildman–Crippen LogP) is 2.70. The molecule has 0 saturated carbocycles. The van der Waals surface area contributed by atoms with Gasteiger partial charge in [-0.2, -0.15) is 0 Å². The van der Waals surface area contributed by atoms with Gasteiger partial charge in [-0.05, 0) is 38.8 Å². The average molecular weight is 297 g/mol. The van der Waals surface area contributed by atoms with Crippen LogP contribution in [0.15, 0.2) is 11.2 Å². The van der Waals surface area contributed by atoms with Gasteiger partial charge in [0.1, 0.15) is 0 Å². The fourth-order valence-electron chi connectivity index (χ4n) is 2.24. The lowest BCUT2D eigenvalue weighted by Crippen LogP contribution is -2.40. The van der Waals surface area contributed by atoms with Crippen LogP contribution in [0.25, 0.3) is 0 Å². The molecule has 0 aliphatic heterocycles. The van der Waals surface area contributed by atoms with Gasteiger partial charge in [-0.3, -0.25) is 4.79 Å². The quantitative estimate of drug-likeness (QED) is 0.326. The molecule has 20 heavy (non-hydrogen) atoms. The molecule has 1 rings (SSSR count). The van der Waals surface area contributed by atoms with Crippen molar-refractivity contribution in [2.24, 2.45) is 16.8 Å². The lowest BCUT2D eigenvalue weighted by molar-refractivity contribution is -0.123. The highest BCUT2D eigenvalue weighted by Gasteiger charge is 2.24. The van der Waals surface area contributed by atoms with Crippen LogP contribution in [-0.2, 0) is 4.79 Å². The van der Waals surface area contributed by atoms with Crippen molar-refractivity contribution in [1.29, 1.82) is 0 Å². The zero-order valence-electron chi connectivity index (χ0n) is 12.4. The van der Waals surface area contributed by atoms with E-state index in [0.29, 0.717) is 6.42 Å². The summed E-state index contributed by atoms with van der Waals surface area (Å²) in [6, 6.07) is 2.00. The van der Waals surface area contributed by atoms with Crippen LogP contribution in [0.4, 0.5) is 0 Å². The Kier molecular flexibility index (Phi) is 6.01. The second-order valence-electron chi connectivity index (χ2n) is 4.96. The van der Waals surface area contributed by atoms with Crippen molar-refractivity contribution in [3.63, 3.8) is 0 Å². The molecule has 1 aromatic rings. The molecule has 2 atom stereocenters. The Morgan fingerprint density at radius 3 is 2.65 bits per heavy atom. The summed E-state index contributed by atoms with van der Waals surface area (Å²) in [6.45, 7) is 8.00. The van der Waals surface area contributed by atoms with E-state index in [-0.39, 0.29) is 17.8 Å². The van der Waals surface area contributed by atoms with Crippen LogP contribution in [0.1, 0.15) is 48.0 Å². The number of hydrogen-bond acceptors (Lipinski definition) is 4. The van der Waals surface area contributed by atoms with Crippen LogP contribution < -0.4 is 11.1 Å². The number of aryl methyl sites for hydroxylation is 2. The minimum Gasteiger partial charge on any atom is -0.409 e. The number of rotatable bonds is 6. The third kappa shape index (κ3) is 3.96. The van der Waals surface area contributed by atoms with Crippen LogP contribution in [0, 0.1) is 19.8 Å². The number of nitrogens with one attached hydrogen (secondary N) is 1. The Morgan fingerprint density at radius 1 is 1.55 bits per heavy atom. The smallest absolute Gasteiger partial charge is 0.231 e. The number of amidine groups is 1. The van der Waals surface area contributed by atoms with E-state index < -0.39 is 5.92 Å². The number of oxime groups is 1. The van der Waals surface area contributed by atoms with Gasteiger partial charge in [-0.1, -0.05) is 18.5 Å². The van der Waals surface area contributed by atoms with Crippen molar-refractivity contribution in [2.75, 3.05) is 0 Å². The van der Waals surface area contributed by atoms with Crippen molar-refractivity contribution in [2.45, 2.75) is 46.6 Å². The van der Waals surface area contributed by atoms with Gasteiger partial charge in [0, 0.05) is 9.75 Å². The van der Waals surface area contributed by atoms with Crippen molar-refractivity contribution in [3.05, 3.63) is 21.4 Å². The van der Waals surface area contributed by atoms with Crippen LogP contribution in [0.2, 0.25) is 0 Å². The van der Waals surface area contributed by atoms with Gasteiger partial charge in [0.05, 0.1) is 12.0 Å². The lowest BCUT2D eigenvalue weighted by Gasteiger charge is -2.19. The molecule has 112 valence electrons. The maximum Gasteiger partial charge on any atom is 0.231 e. The van der Waals surface area contributed by atoms with Crippen LogP contribution >= 0.6 is 11.3 Å². The molecular weight excluding hydrogens is 274 g/mol. The highest BCUT2D eigenvalue weighted by Crippen LogP contribution is 2.26. The SMILES string of the molecule is CCCC(C(=O)NC(C)c1cc(C)sc1C)C(N)=NO. The van der Waals surface area contributed by atoms with E-state index in [0.717, 1.165) is 12.0 Å². The van der Waals surface area contributed by atoms with Gasteiger partial charge in [0.15, 0.2) is 5.84 Å². The predicted molar refractivity (Wildman–Crippen MR) is 82.2 cm³/mol. The first-order chi connectivity index (χ1) is 9.40. The van der Waals surface area contributed by atoms with Crippen LogP contribution in [0.5, 0.6) is 0 Å². The van der Waals surface area contributed by atoms with Crippen molar-refractivity contribution < 1.29 is 10.0 Å². The summed E-state index contributed by atoms with van der Waals surface area (Å²) >= 11 is 1.71. The minimum absolute atomic E-state index is 0.0326. The largest absolute Gasteiger partial charge is 0.409 e. The minimum atomic E-state index is -0.576. The van der Waals surface area contributed by atoms with E-state index in [9.17, 15) is 4.79 Å². The molecule has 0 aliphatic carbocycles. The molecule has 0 aromatic carbocycles. The monoisotopic (exact) mass is 297 g/mol. The molecule has 1 amide bonds. The molecule has 2 unspecified atom stereocenters. The molecule has 0 radical (unpaired) electrons. The first-order valence-corrected chi connectivity index (χ1v) is 7.57. The second kappa shape index (κ2) is 7.28. The molecule has 0 bridgehead atoms. The topological polar surface area (TPSA) is 87.7 Å². The summed E-state index contributed by atoms with van der Waals surface area (Å²) in [5.41, 5.74) is 6.71. The average Bonchev–Trinajstić information content (AvgIpc) is 2.74. The zero-order chi connectivity index (χ0) is 15.3. The van der Waals surface area contributed by atoms with E-state index in [1.807, 2.05) is 27.7 Å². The molecule has 0 aliphatic rings. The van der Waals surface area contributed by atoms with Crippen molar-refractivity contribution in [3.8, 4) is 0 Å². The van der Waals surface area contributed by atoms with Gasteiger partial charge in [-0.25, -0.2) is 0 Å². The maximum absolute atomic E-state index is 12.3. The zero-order valence-corrected chi connectivity index (χ0v) is 13.3. The summed E-state index contributed by atoms with van der Waals surface area (Å²) in [4.78, 5) is 14.7. The molecule has 0 fully saturated rings. The lowest BCUT2D eigenvalue weighted by atomic mass is 10.0.